The van der Waals surface area contributed by atoms with Gasteiger partial charge in [0.25, 0.3) is 0 Å². The molecule has 0 bridgehead atoms. The number of hydrogen-bond acceptors (Lipinski definition) is 7. The third kappa shape index (κ3) is 6.49. The van der Waals surface area contributed by atoms with Gasteiger partial charge in [-0.3, -0.25) is 4.79 Å². The van der Waals surface area contributed by atoms with Gasteiger partial charge in [0.1, 0.15) is 5.82 Å². The normalized spacial score (nSPS) is 14.4. The Labute approximate surface area is 214 Å². The van der Waals surface area contributed by atoms with Gasteiger partial charge in [0.05, 0.1) is 10.9 Å². The Bertz CT molecular complexity index is 1140. The van der Waals surface area contributed by atoms with Gasteiger partial charge in [-0.2, -0.15) is 0 Å². The van der Waals surface area contributed by atoms with Gasteiger partial charge in [-0.25, -0.2) is 15.0 Å². The highest BCUT2D eigenvalue weighted by molar-refractivity contribution is 5.89. The number of nitrogens with zero attached hydrogens (tertiary/aromatic N) is 5. The van der Waals surface area contributed by atoms with E-state index in [1.54, 1.807) is 0 Å². The standard InChI is InChI=1S/C28H39N7O/c1-4-34(5-2)16-8-14-30-27(36)22-12-17-35(18-13-22)26-24-20-32-28(33-25(24)11-15-29-26)31-19-23-10-7-6-9-21(23)3/h6-7,9-11,15,20,22H,4-5,8,12-14,16-19H2,1-3H3,(H,30,36)(H,31,32,33). The summed E-state index contributed by atoms with van der Waals surface area (Å²) >= 11 is 0. The molecular weight excluding hydrogens is 450 g/mol. The van der Waals surface area contributed by atoms with Gasteiger partial charge in [0, 0.05) is 44.5 Å². The summed E-state index contributed by atoms with van der Waals surface area (Å²) in [6.07, 6.45) is 6.33. The molecule has 2 N–H and O–H groups in total. The van der Waals surface area contributed by atoms with Crippen molar-refractivity contribution in [3.05, 3.63) is 53.9 Å². The van der Waals surface area contributed by atoms with Gasteiger partial charge in [-0.15, -0.1) is 0 Å². The van der Waals surface area contributed by atoms with E-state index in [0.29, 0.717) is 12.5 Å². The average molecular weight is 490 g/mol. The lowest BCUT2D eigenvalue weighted by Gasteiger charge is -2.32. The molecule has 0 unspecified atom stereocenters. The average Bonchev–Trinajstić information content (AvgIpc) is 2.92. The van der Waals surface area contributed by atoms with Crippen LogP contribution in [0.3, 0.4) is 0 Å². The van der Waals surface area contributed by atoms with Crippen molar-refractivity contribution in [1.29, 1.82) is 0 Å². The fourth-order valence-corrected chi connectivity index (χ4v) is 4.81. The lowest BCUT2D eigenvalue weighted by atomic mass is 9.95. The molecule has 1 aliphatic rings. The van der Waals surface area contributed by atoms with Crippen LogP contribution in [0.4, 0.5) is 11.8 Å². The van der Waals surface area contributed by atoms with E-state index in [1.807, 2.05) is 30.6 Å². The summed E-state index contributed by atoms with van der Waals surface area (Å²) in [6.45, 7) is 12.6. The van der Waals surface area contributed by atoms with Gasteiger partial charge in [-0.05, 0) is 63.0 Å². The van der Waals surface area contributed by atoms with E-state index in [-0.39, 0.29) is 11.8 Å². The highest BCUT2D eigenvalue weighted by atomic mass is 16.1. The molecule has 0 aliphatic carbocycles. The zero-order valence-electron chi connectivity index (χ0n) is 21.8. The van der Waals surface area contributed by atoms with E-state index in [1.165, 1.54) is 11.1 Å². The lowest BCUT2D eigenvalue weighted by molar-refractivity contribution is -0.125. The predicted molar refractivity (Wildman–Crippen MR) is 146 cm³/mol. The van der Waals surface area contributed by atoms with Gasteiger partial charge in [-0.1, -0.05) is 38.1 Å². The Hall–Kier alpha value is -3.26. The second kappa shape index (κ2) is 12.6. The Morgan fingerprint density at radius 2 is 1.89 bits per heavy atom. The molecule has 1 aliphatic heterocycles. The minimum Gasteiger partial charge on any atom is -0.356 e. The Morgan fingerprint density at radius 1 is 1.11 bits per heavy atom. The number of amides is 1. The van der Waals surface area contributed by atoms with E-state index in [0.717, 1.165) is 75.3 Å². The van der Waals surface area contributed by atoms with Crippen LogP contribution in [0.5, 0.6) is 0 Å². The molecule has 3 aromatic rings. The fourth-order valence-electron chi connectivity index (χ4n) is 4.81. The van der Waals surface area contributed by atoms with Crippen LogP contribution < -0.4 is 15.5 Å². The topological polar surface area (TPSA) is 86.3 Å². The number of piperidine rings is 1. The molecule has 2 aromatic heterocycles. The molecule has 4 rings (SSSR count). The van der Waals surface area contributed by atoms with Crippen molar-refractivity contribution < 1.29 is 4.79 Å². The lowest BCUT2D eigenvalue weighted by Crippen LogP contribution is -2.41. The van der Waals surface area contributed by atoms with Crippen LogP contribution in [0.15, 0.2) is 42.7 Å². The van der Waals surface area contributed by atoms with Gasteiger partial charge < -0.3 is 20.4 Å². The van der Waals surface area contributed by atoms with Gasteiger partial charge in [0.2, 0.25) is 11.9 Å². The molecule has 0 radical (unpaired) electrons. The predicted octanol–water partition coefficient (Wildman–Crippen LogP) is 4.01. The van der Waals surface area contributed by atoms with Crippen molar-refractivity contribution in [3.63, 3.8) is 0 Å². The van der Waals surface area contributed by atoms with Crippen LogP contribution in [0.25, 0.3) is 10.9 Å². The first-order chi connectivity index (χ1) is 17.6. The first-order valence-corrected chi connectivity index (χ1v) is 13.2. The summed E-state index contributed by atoms with van der Waals surface area (Å²) in [6, 6.07) is 10.2. The number of aryl methyl sites for hydroxylation is 1. The Morgan fingerprint density at radius 3 is 2.64 bits per heavy atom. The first kappa shape index (κ1) is 25.8. The molecule has 1 saturated heterocycles. The summed E-state index contributed by atoms with van der Waals surface area (Å²) in [4.78, 5) is 31.3. The molecule has 8 nitrogen and oxygen atoms in total. The van der Waals surface area contributed by atoms with Gasteiger partial charge in [0.15, 0.2) is 0 Å². The van der Waals surface area contributed by atoms with E-state index < -0.39 is 0 Å². The number of hydrogen-bond donors (Lipinski definition) is 2. The van der Waals surface area contributed by atoms with Crippen LogP contribution in [0.1, 0.15) is 44.2 Å². The number of anilines is 2. The highest BCUT2D eigenvalue weighted by Gasteiger charge is 2.26. The molecule has 36 heavy (non-hydrogen) atoms. The maximum atomic E-state index is 12.7. The summed E-state index contributed by atoms with van der Waals surface area (Å²) in [7, 11) is 0. The maximum Gasteiger partial charge on any atom is 0.223 e. The largest absolute Gasteiger partial charge is 0.356 e. The van der Waals surface area contributed by atoms with E-state index in [9.17, 15) is 4.79 Å². The maximum absolute atomic E-state index is 12.7. The van der Waals surface area contributed by atoms with Crippen molar-refractivity contribution in [3.8, 4) is 0 Å². The van der Waals surface area contributed by atoms with Crippen molar-refractivity contribution >= 4 is 28.6 Å². The van der Waals surface area contributed by atoms with Crippen molar-refractivity contribution in [2.45, 2.75) is 46.6 Å². The van der Waals surface area contributed by atoms with Crippen LogP contribution in [0.2, 0.25) is 0 Å². The fraction of sp³-hybridized carbons (Fsp3) is 0.500. The quantitative estimate of drug-likeness (QED) is 0.394. The summed E-state index contributed by atoms with van der Waals surface area (Å²) in [5.41, 5.74) is 3.34. The van der Waals surface area contributed by atoms with Crippen LogP contribution in [-0.4, -0.2) is 65.0 Å². The van der Waals surface area contributed by atoms with Crippen molar-refractivity contribution in [2.75, 3.05) is 49.5 Å². The van der Waals surface area contributed by atoms with E-state index in [2.05, 4.69) is 63.3 Å². The number of aromatic nitrogens is 3. The van der Waals surface area contributed by atoms with Crippen molar-refractivity contribution in [2.24, 2.45) is 5.92 Å². The highest BCUT2D eigenvalue weighted by Crippen LogP contribution is 2.28. The number of nitrogens with one attached hydrogen (secondary N) is 2. The summed E-state index contributed by atoms with van der Waals surface area (Å²) < 4.78 is 0. The Balaban J connectivity index is 1.31. The number of carbonyl (C=O) groups excluding carboxylic acids is 1. The second-order valence-electron chi connectivity index (χ2n) is 9.47. The SMILES string of the molecule is CCN(CC)CCCNC(=O)C1CCN(c2nccc3nc(NCc4ccccc4C)ncc23)CC1. The third-order valence-electron chi connectivity index (χ3n) is 7.20. The number of carbonyl (C=O) groups is 1. The smallest absolute Gasteiger partial charge is 0.223 e. The van der Waals surface area contributed by atoms with Crippen molar-refractivity contribution in [1.82, 2.24) is 25.2 Å². The van der Waals surface area contributed by atoms with Crippen LogP contribution in [-0.2, 0) is 11.3 Å². The van der Waals surface area contributed by atoms with Crippen LogP contribution in [0, 0.1) is 12.8 Å². The summed E-state index contributed by atoms with van der Waals surface area (Å²) in [5.74, 6) is 1.77. The molecule has 0 saturated carbocycles. The van der Waals surface area contributed by atoms with Crippen LogP contribution >= 0.6 is 0 Å². The molecule has 1 aromatic carbocycles. The van der Waals surface area contributed by atoms with E-state index >= 15 is 0 Å². The first-order valence-electron chi connectivity index (χ1n) is 13.2. The molecule has 192 valence electrons. The number of benzene rings is 1. The van der Waals surface area contributed by atoms with E-state index in [4.69, 9.17) is 4.98 Å². The molecule has 1 amide bonds. The molecule has 8 heteroatoms. The third-order valence-corrected chi connectivity index (χ3v) is 7.20. The van der Waals surface area contributed by atoms with Gasteiger partial charge >= 0.3 is 0 Å². The summed E-state index contributed by atoms with van der Waals surface area (Å²) in [5, 5.41) is 7.43. The number of fused-ring (bicyclic) bond motifs is 1. The molecular formula is C28H39N7O. The zero-order chi connectivity index (χ0) is 25.3. The second-order valence-corrected chi connectivity index (χ2v) is 9.47. The zero-order valence-corrected chi connectivity index (χ0v) is 21.8. The minimum absolute atomic E-state index is 0.0678. The molecule has 0 atom stereocenters. The Kier molecular flexibility index (Phi) is 9.06. The number of pyridine rings is 1. The number of rotatable bonds is 11. The monoisotopic (exact) mass is 489 g/mol. The molecule has 0 spiro atoms. The molecule has 1 fully saturated rings. The minimum atomic E-state index is 0.0678. The molecule has 3 heterocycles.